The molecule has 9 heteroatoms. The molecular formula is C26H32ClFN4O3. The predicted octanol–water partition coefficient (Wildman–Crippen LogP) is 5.02. The lowest BCUT2D eigenvalue weighted by Gasteiger charge is -2.38. The SMILES string of the molecule is CNC[C@@H](O)COc1ccc(Cl)c(-c2nc(CC3CC(C)(F)C3)c(C)c(-c3c(C)noc3C)n2)c1. The summed E-state index contributed by atoms with van der Waals surface area (Å²) in [4.78, 5) is 9.77. The van der Waals surface area contributed by atoms with Crippen LogP contribution in [0.15, 0.2) is 22.7 Å². The van der Waals surface area contributed by atoms with Crippen molar-refractivity contribution in [2.24, 2.45) is 5.92 Å². The fourth-order valence-electron chi connectivity index (χ4n) is 4.76. The third kappa shape index (κ3) is 5.66. The predicted molar refractivity (Wildman–Crippen MR) is 134 cm³/mol. The topological polar surface area (TPSA) is 93.3 Å². The Morgan fingerprint density at radius 1 is 1.29 bits per heavy atom. The van der Waals surface area contributed by atoms with Gasteiger partial charge in [-0.3, -0.25) is 0 Å². The smallest absolute Gasteiger partial charge is 0.161 e. The minimum absolute atomic E-state index is 0.135. The summed E-state index contributed by atoms with van der Waals surface area (Å²) in [7, 11) is 1.77. The Morgan fingerprint density at radius 2 is 2.03 bits per heavy atom. The lowest BCUT2D eigenvalue weighted by atomic mass is 9.71. The third-order valence-electron chi connectivity index (χ3n) is 6.49. The molecule has 0 unspecified atom stereocenters. The maximum Gasteiger partial charge on any atom is 0.161 e. The number of halogens is 2. The van der Waals surface area contributed by atoms with Gasteiger partial charge < -0.3 is 19.7 Å². The molecule has 3 aromatic rings. The van der Waals surface area contributed by atoms with Crippen molar-refractivity contribution in [3.05, 3.63) is 45.9 Å². The summed E-state index contributed by atoms with van der Waals surface area (Å²) < 4.78 is 25.4. The number of benzene rings is 1. The van der Waals surface area contributed by atoms with Crippen LogP contribution in [0.2, 0.25) is 5.02 Å². The number of aliphatic hydroxyl groups excluding tert-OH is 1. The van der Waals surface area contributed by atoms with Crippen molar-refractivity contribution in [2.75, 3.05) is 20.2 Å². The van der Waals surface area contributed by atoms with E-state index in [4.69, 9.17) is 30.8 Å². The van der Waals surface area contributed by atoms with Crippen LogP contribution in [-0.2, 0) is 6.42 Å². The largest absolute Gasteiger partial charge is 0.491 e. The molecule has 0 spiro atoms. The molecule has 1 aromatic carbocycles. The first kappa shape index (κ1) is 25.5. The summed E-state index contributed by atoms with van der Waals surface area (Å²) in [5.74, 6) is 1.90. The summed E-state index contributed by atoms with van der Waals surface area (Å²) in [6.07, 6.45) is 1.05. The lowest BCUT2D eigenvalue weighted by molar-refractivity contribution is 0.0253. The molecule has 1 fully saturated rings. The van der Waals surface area contributed by atoms with Gasteiger partial charge in [-0.05, 0) is 83.7 Å². The molecule has 0 aliphatic heterocycles. The molecule has 2 heterocycles. The van der Waals surface area contributed by atoms with Crippen LogP contribution >= 0.6 is 11.6 Å². The van der Waals surface area contributed by atoms with Gasteiger partial charge in [-0.25, -0.2) is 14.4 Å². The summed E-state index contributed by atoms with van der Waals surface area (Å²) >= 11 is 6.58. The summed E-state index contributed by atoms with van der Waals surface area (Å²) in [6.45, 7) is 7.92. The van der Waals surface area contributed by atoms with E-state index in [1.165, 1.54) is 0 Å². The van der Waals surface area contributed by atoms with Crippen LogP contribution in [0, 0.1) is 26.7 Å². The normalized spacial score (nSPS) is 20.5. The highest BCUT2D eigenvalue weighted by molar-refractivity contribution is 6.33. The van der Waals surface area contributed by atoms with Gasteiger partial charge in [0.2, 0.25) is 0 Å². The first-order valence-corrected chi connectivity index (χ1v) is 12.2. The Labute approximate surface area is 210 Å². The number of alkyl halides is 1. The molecule has 4 rings (SSSR count). The second-order valence-corrected chi connectivity index (χ2v) is 10.1. The zero-order chi connectivity index (χ0) is 25.3. The molecule has 1 aliphatic carbocycles. The van der Waals surface area contributed by atoms with Crippen LogP contribution < -0.4 is 10.1 Å². The van der Waals surface area contributed by atoms with E-state index in [9.17, 15) is 9.50 Å². The number of rotatable bonds is 9. The van der Waals surface area contributed by atoms with Gasteiger partial charge in [0.25, 0.3) is 0 Å². The van der Waals surface area contributed by atoms with Crippen molar-refractivity contribution in [1.29, 1.82) is 0 Å². The Kier molecular flexibility index (Phi) is 7.45. The van der Waals surface area contributed by atoms with Gasteiger partial charge in [-0.2, -0.15) is 0 Å². The van der Waals surface area contributed by atoms with E-state index in [0.29, 0.717) is 53.7 Å². The van der Waals surface area contributed by atoms with Crippen LogP contribution in [0.1, 0.15) is 42.5 Å². The summed E-state index contributed by atoms with van der Waals surface area (Å²) in [5, 5.41) is 17.5. The molecule has 1 saturated carbocycles. The molecule has 0 bridgehead atoms. The number of nitrogens with zero attached hydrogens (tertiary/aromatic N) is 3. The first-order chi connectivity index (χ1) is 16.6. The molecule has 0 amide bonds. The highest BCUT2D eigenvalue weighted by Gasteiger charge is 2.40. The van der Waals surface area contributed by atoms with E-state index in [2.05, 4.69) is 10.5 Å². The molecule has 0 saturated heterocycles. The van der Waals surface area contributed by atoms with Gasteiger partial charge >= 0.3 is 0 Å². The second kappa shape index (κ2) is 10.2. The number of nitrogens with one attached hydrogen (secondary N) is 1. The van der Waals surface area contributed by atoms with Crippen molar-refractivity contribution in [3.63, 3.8) is 0 Å². The highest BCUT2D eigenvalue weighted by atomic mass is 35.5. The molecule has 1 atom stereocenters. The number of aryl methyl sites for hydroxylation is 2. The van der Waals surface area contributed by atoms with Gasteiger partial charge in [0.15, 0.2) is 5.82 Å². The van der Waals surface area contributed by atoms with E-state index >= 15 is 0 Å². The van der Waals surface area contributed by atoms with Crippen molar-refractivity contribution in [3.8, 4) is 28.4 Å². The summed E-state index contributed by atoms with van der Waals surface area (Å²) in [5.41, 5.74) is 3.59. The van der Waals surface area contributed by atoms with Crippen molar-refractivity contribution in [1.82, 2.24) is 20.4 Å². The molecule has 7 nitrogen and oxygen atoms in total. The molecular weight excluding hydrogens is 471 g/mol. The number of hydrogen-bond donors (Lipinski definition) is 2. The highest BCUT2D eigenvalue weighted by Crippen LogP contribution is 2.43. The average molecular weight is 503 g/mol. The number of aliphatic hydroxyl groups is 1. The van der Waals surface area contributed by atoms with E-state index in [-0.39, 0.29) is 12.5 Å². The fraction of sp³-hybridized carbons (Fsp3) is 0.500. The molecule has 1 aliphatic rings. The van der Waals surface area contributed by atoms with Crippen LogP contribution in [0.4, 0.5) is 4.39 Å². The standard InChI is InChI=1S/C26H32ClFN4O3/c1-14-22(8-17-10-26(4,28)11-17)30-25(31-24(14)23-15(2)32-35-16(23)3)20-9-19(6-7-21(20)27)34-13-18(33)12-29-5/h6-7,9,17-18,29,33H,8,10-13H2,1-5H3/t17?,18-,26?/m1/s1. The third-order valence-corrected chi connectivity index (χ3v) is 6.82. The van der Waals surface area contributed by atoms with Crippen LogP contribution in [0.25, 0.3) is 22.6 Å². The quantitative estimate of drug-likeness (QED) is 0.424. The van der Waals surface area contributed by atoms with Gasteiger partial charge in [0.1, 0.15) is 29.9 Å². The Bertz CT molecular complexity index is 1190. The Hall–Kier alpha value is -2.55. The summed E-state index contributed by atoms with van der Waals surface area (Å²) in [6, 6.07) is 5.26. The average Bonchev–Trinajstić information content (AvgIpc) is 3.11. The van der Waals surface area contributed by atoms with Crippen molar-refractivity contribution >= 4 is 11.6 Å². The van der Waals surface area contributed by atoms with Crippen LogP contribution in [0.5, 0.6) is 5.75 Å². The molecule has 2 N–H and O–H groups in total. The number of likely N-dealkylation sites (N-methyl/N-ethyl adjacent to an activating group) is 1. The van der Waals surface area contributed by atoms with Gasteiger partial charge in [-0.15, -0.1) is 0 Å². The van der Waals surface area contributed by atoms with E-state index in [1.54, 1.807) is 32.2 Å². The zero-order valence-electron chi connectivity index (χ0n) is 20.8. The maximum atomic E-state index is 14.2. The number of hydrogen-bond acceptors (Lipinski definition) is 7. The first-order valence-electron chi connectivity index (χ1n) is 11.8. The monoisotopic (exact) mass is 502 g/mol. The lowest BCUT2D eigenvalue weighted by Crippen LogP contribution is -2.38. The van der Waals surface area contributed by atoms with Crippen LogP contribution in [0.3, 0.4) is 0 Å². The molecule has 188 valence electrons. The van der Waals surface area contributed by atoms with E-state index in [0.717, 1.165) is 28.2 Å². The molecule has 2 aromatic heterocycles. The molecule has 35 heavy (non-hydrogen) atoms. The minimum atomic E-state index is -1.11. The van der Waals surface area contributed by atoms with Crippen molar-refractivity contribution < 1.29 is 18.8 Å². The number of ether oxygens (including phenoxy) is 1. The minimum Gasteiger partial charge on any atom is -0.491 e. The number of aromatic nitrogens is 3. The molecule has 0 radical (unpaired) electrons. The van der Waals surface area contributed by atoms with Gasteiger partial charge in [0.05, 0.1) is 22.0 Å². The fourth-order valence-corrected chi connectivity index (χ4v) is 4.96. The maximum absolute atomic E-state index is 14.2. The Balaban J connectivity index is 1.75. The van der Waals surface area contributed by atoms with E-state index < -0.39 is 11.8 Å². The second-order valence-electron chi connectivity index (χ2n) is 9.72. The van der Waals surface area contributed by atoms with E-state index in [1.807, 2.05) is 20.8 Å². The Morgan fingerprint density at radius 3 is 2.66 bits per heavy atom. The van der Waals surface area contributed by atoms with Gasteiger partial charge in [0, 0.05) is 17.8 Å². The van der Waals surface area contributed by atoms with Crippen LogP contribution in [-0.4, -0.2) is 52.2 Å². The van der Waals surface area contributed by atoms with Gasteiger partial charge in [-0.1, -0.05) is 16.8 Å². The van der Waals surface area contributed by atoms with Crippen molar-refractivity contribution in [2.45, 2.75) is 58.7 Å². The zero-order valence-corrected chi connectivity index (χ0v) is 21.5.